The van der Waals surface area contributed by atoms with Crippen LogP contribution < -0.4 is 10.6 Å². The number of fused-ring (bicyclic) bond motifs is 1. The number of benzene rings is 1. The normalized spacial score (nSPS) is 12.6. The van der Waals surface area contributed by atoms with E-state index in [2.05, 4.69) is 26.9 Å². The van der Waals surface area contributed by atoms with Gasteiger partial charge in [-0.15, -0.1) is 21.5 Å². The third-order valence-electron chi connectivity index (χ3n) is 5.53. The minimum Gasteiger partial charge on any atom is -0.325 e. The van der Waals surface area contributed by atoms with E-state index in [4.69, 9.17) is 0 Å². The molecule has 8 nitrogen and oxygen atoms in total. The number of aromatic nitrogens is 3. The summed E-state index contributed by atoms with van der Waals surface area (Å²) in [6.45, 7) is 1.93. The minimum atomic E-state index is -0.197. The summed E-state index contributed by atoms with van der Waals surface area (Å²) in [5.74, 6) is 0.271. The molecule has 0 fully saturated rings. The Balaban J connectivity index is 1.34. The molecule has 2 N–H and O–H groups in total. The van der Waals surface area contributed by atoms with Gasteiger partial charge in [0, 0.05) is 17.6 Å². The molecule has 170 valence electrons. The molecule has 0 saturated heterocycles. The summed E-state index contributed by atoms with van der Waals surface area (Å²) in [7, 11) is 1.78. The highest BCUT2D eigenvalue weighted by Gasteiger charge is 2.22. The Hall–Kier alpha value is -3.16. The van der Waals surface area contributed by atoms with Crippen LogP contribution in [0.1, 0.15) is 40.2 Å². The second kappa shape index (κ2) is 10.2. The molecular weight excluding hydrogens is 456 g/mol. The van der Waals surface area contributed by atoms with Crippen molar-refractivity contribution in [2.75, 3.05) is 16.4 Å². The van der Waals surface area contributed by atoms with Crippen LogP contribution >= 0.6 is 23.1 Å². The minimum absolute atomic E-state index is 0.0802. The molecule has 10 heteroatoms. The molecule has 0 atom stereocenters. The number of thiophene rings is 1. The number of carbonyl (C=O) groups excluding carboxylic acids is 2. The number of hydrogen-bond acceptors (Lipinski definition) is 7. The van der Waals surface area contributed by atoms with E-state index < -0.39 is 0 Å². The first-order chi connectivity index (χ1) is 16.0. The summed E-state index contributed by atoms with van der Waals surface area (Å²) in [6.07, 6.45) is 4.16. The van der Waals surface area contributed by atoms with Gasteiger partial charge in [-0.3, -0.25) is 9.59 Å². The fourth-order valence-corrected chi connectivity index (χ4v) is 5.73. The fraction of sp³-hybridized carbons (Fsp3) is 0.348. The van der Waals surface area contributed by atoms with Gasteiger partial charge in [-0.25, -0.2) is 0 Å². The van der Waals surface area contributed by atoms with Crippen LogP contribution in [0.4, 0.5) is 10.7 Å². The van der Waals surface area contributed by atoms with Gasteiger partial charge in [-0.2, -0.15) is 5.26 Å². The molecule has 2 aromatic heterocycles. The number of nitrogens with one attached hydrogen (secondary N) is 2. The number of nitrogens with zero attached hydrogens (tertiary/aromatic N) is 4. The van der Waals surface area contributed by atoms with Gasteiger partial charge in [0.2, 0.25) is 11.8 Å². The first-order valence-electron chi connectivity index (χ1n) is 10.7. The third-order valence-corrected chi connectivity index (χ3v) is 7.76. The molecule has 1 aromatic carbocycles. The van der Waals surface area contributed by atoms with Gasteiger partial charge in [-0.1, -0.05) is 30.0 Å². The monoisotopic (exact) mass is 480 g/mol. The number of aryl methyl sites for hydroxylation is 2. The molecule has 0 bridgehead atoms. The van der Waals surface area contributed by atoms with Crippen LogP contribution in [0.5, 0.6) is 0 Å². The second-order valence-corrected chi connectivity index (χ2v) is 9.91. The smallest absolute Gasteiger partial charge is 0.235 e. The van der Waals surface area contributed by atoms with Crippen LogP contribution in [0.2, 0.25) is 0 Å². The SMILES string of the molecule is Cc1ccccc1NC(=O)Cc1nnc(SCC(=O)Nc2sc3c(c2C#N)CCCC3)n1C. The van der Waals surface area contributed by atoms with E-state index in [1.54, 1.807) is 11.6 Å². The van der Waals surface area contributed by atoms with E-state index in [1.807, 2.05) is 31.2 Å². The second-order valence-electron chi connectivity index (χ2n) is 7.86. The lowest BCUT2D eigenvalue weighted by Gasteiger charge is -2.09. The lowest BCUT2D eigenvalue weighted by Crippen LogP contribution is -2.17. The van der Waals surface area contributed by atoms with Crippen LogP contribution in [0.25, 0.3) is 0 Å². The number of carbonyl (C=O) groups is 2. The quantitative estimate of drug-likeness (QED) is 0.497. The molecule has 0 radical (unpaired) electrons. The number of para-hydroxylation sites is 1. The molecule has 0 spiro atoms. The molecule has 2 heterocycles. The van der Waals surface area contributed by atoms with Crippen molar-refractivity contribution in [3.05, 3.63) is 51.7 Å². The van der Waals surface area contributed by atoms with Crippen LogP contribution in [0, 0.1) is 18.3 Å². The molecule has 2 amide bonds. The zero-order chi connectivity index (χ0) is 23.4. The Morgan fingerprint density at radius 3 is 2.76 bits per heavy atom. The summed E-state index contributed by atoms with van der Waals surface area (Å²) in [4.78, 5) is 26.2. The number of anilines is 2. The van der Waals surface area contributed by atoms with Crippen molar-refractivity contribution in [1.29, 1.82) is 5.26 Å². The van der Waals surface area contributed by atoms with Crippen molar-refractivity contribution in [2.45, 2.75) is 44.2 Å². The van der Waals surface area contributed by atoms with Crippen LogP contribution in [0.3, 0.4) is 0 Å². The van der Waals surface area contributed by atoms with Gasteiger partial charge in [0.05, 0.1) is 17.7 Å². The number of rotatable bonds is 7. The average molecular weight is 481 g/mol. The molecule has 3 aromatic rings. The van der Waals surface area contributed by atoms with E-state index in [-0.39, 0.29) is 24.0 Å². The molecular formula is C23H24N6O2S2. The summed E-state index contributed by atoms with van der Waals surface area (Å²) in [5, 5.41) is 24.8. The Labute approximate surface area is 200 Å². The molecule has 33 heavy (non-hydrogen) atoms. The van der Waals surface area contributed by atoms with E-state index in [9.17, 15) is 14.9 Å². The highest BCUT2D eigenvalue weighted by Crippen LogP contribution is 2.37. The number of amides is 2. The maximum Gasteiger partial charge on any atom is 0.235 e. The highest BCUT2D eigenvalue weighted by molar-refractivity contribution is 7.99. The van der Waals surface area contributed by atoms with Gasteiger partial charge >= 0.3 is 0 Å². The summed E-state index contributed by atoms with van der Waals surface area (Å²) in [6, 6.07) is 9.83. The molecule has 0 saturated carbocycles. The Kier molecular flexibility index (Phi) is 7.11. The maximum absolute atomic E-state index is 12.5. The summed E-state index contributed by atoms with van der Waals surface area (Å²) < 4.78 is 1.72. The standard InChI is InChI=1S/C23H24N6O2S2/c1-14-7-3-5-9-17(14)25-20(30)11-19-27-28-23(29(19)2)32-13-21(31)26-22-16(12-24)15-8-4-6-10-18(15)33-22/h3,5,7,9H,4,6,8,10-11,13H2,1-2H3,(H,25,30)(H,26,31). The van der Waals surface area contributed by atoms with Gasteiger partial charge in [0.25, 0.3) is 0 Å². The lowest BCUT2D eigenvalue weighted by atomic mass is 9.96. The largest absolute Gasteiger partial charge is 0.325 e. The molecule has 4 rings (SSSR count). The van der Waals surface area contributed by atoms with Crippen molar-refractivity contribution in [3.63, 3.8) is 0 Å². The van der Waals surface area contributed by atoms with E-state index in [0.717, 1.165) is 42.5 Å². The predicted molar refractivity (Wildman–Crippen MR) is 130 cm³/mol. The van der Waals surface area contributed by atoms with E-state index in [1.165, 1.54) is 28.0 Å². The zero-order valence-corrected chi connectivity index (χ0v) is 20.1. The van der Waals surface area contributed by atoms with Crippen LogP contribution in [-0.2, 0) is 35.9 Å². The fourth-order valence-electron chi connectivity index (χ4n) is 3.74. The maximum atomic E-state index is 12.5. The van der Waals surface area contributed by atoms with E-state index >= 15 is 0 Å². The lowest BCUT2D eigenvalue weighted by molar-refractivity contribution is -0.116. The first kappa shape index (κ1) is 23.0. The van der Waals surface area contributed by atoms with Crippen molar-refractivity contribution >= 4 is 45.6 Å². The van der Waals surface area contributed by atoms with Crippen LogP contribution in [-0.4, -0.2) is 32.3 Å². The Bertz CT molecular complexity index is 1240. The van der Waals surface area contributed by atoms with Gasteiger partial charge in [0.1, 0.15) is 16.9 Å². The van der Waals surface area contributed by atoms with Gasteiger partial charge < -0.3 is 15.2 Å². The topological polar surface area (TPSA) is 113 Å². The van der Waals surface area contributed by atoms with Crippen molar-refractivity contribution in [3.8, 4) is 6.07 Å². The van der Waals surface area contributed by atoms with Crippen molar-refractivity contribution in [1.82, 2.24) is 14.8 Å². The number of hydrogen-bond donors (Lipinski definition) is 2. The molecule has 0 aliphatic heterocycles. The molecule has 1 aliphatic rings. The number of nitriles is 1. The third kappa shape index (κ3) is 5.26. The number of thioether (sulfide) groups is 1. The van der Waals surface area contributed by atoms with Crippen molar-refractivity contribution < 1.29 is 9.59 Å². The Morgan fingerprint density at radius 1 is 1.18 bits per heavy atom. The van der Waals surface area contributed by atoms with Gasteiger partial charge in [0.15, 0.2) is 5.16 Å². The van der Waals surface area contributed by atoms with Crippen molar-refractivity contribution in [2.24, 2.45) is 7.05 Å². The predicted octanol–water partition coefficient (Wildman–Crippen LogP) is 3.85. The molecule has 1 aliphatic carbocycles. The van der Waals surface area contributed by atoms with Gasteiger partial charge in [-0.05, 0) is 49.8 Å². The summed E-state index contributed by atoms with van der Waals surface area (Å²) >= 11 is 2.76. The summed E-state index contributed by atoms with van der Waals surface area (Å²) in [5.41, 5.74) is 3.45. The molecule has 0 unspecified atom stereocenters. The average Bonchev–Trinajstić information content (AvgIpc) is 3.33. The first-order valence-corrected chi connectivity index (χ1v) is 12.5. The van der Waals surface area contributed by atoms with E-state index in [0.29, 0.717) is 21.5 Å². The Morgan fingerprint density at radius 2 is 1.97 bits per heavy atom. The zero-order valence-electron chi connectivity index (χ0n) is 18.5. The highest BCUT2D eigenvalue weighted by atomic mass is 32.2. The van der Waals surface area contributed by atoms with Crippen LogP contribution in [0.15, 0.2) is 29.4 Å².